The van der Waals surface area contributed by atoms with Crippen molar-refractivity contribution in [1.29, 1.82) is 0 Å². The normalized spacial score (nSPS) is 12.1. The minimum absolute atomic E-state index is 0.157. The van der Waals surface area contributed by atoms with Crippen LogP contribution in [0.15, 0.2) is 30.5 Å². The first-order chi connectivity index (χ1) is 10.6. The highest BCUT2D eigenvalue weighted by atomic mass is 35.5. The molecule has 0 aliphatic carbocycles. The number of anilines is 1. The van der Waals surface area contributed by atoms with Gasteiger partial charge in [0.15, 0.2) is 5.13 Å². The van der Waals surface area contributed by atoms with Gasteiger partial charge in [0, 0.05) is 36.2 Å². The first-order valence-corrected chi connectivity index (χ1v) is 8.02. The molecule has 0 radical (unpaired) electrons. The third-order valence-electron chi connectivity index (χ3n) is 3.13. The summed E-state index contributed by atoms with van der Waals surface area (Å²) in [5, 5.41) is 4.06. The summed E-state index contributed by atoms with van der Waals surface area (Å²) in [5.74, 6) is -0.157. The summed E-state index contributed by atoms with van der Waals surface area (Å²) in [7, 11) is 1.54. The number of nitrogens with one attached hydrogen (secondary N) is 1. The number of amides is 1. The summed E-state index contributed by atoms with van der Waals surface area (Å²) in [6.45, 7) is 0.305. The Hall–Kier alpha value is -1.47. The van der Waals surface area contributed by atoms with Crippen LogP contribution in [0.5, 0.6) is 0 Å². The van der Waals surface area contributed by atoms with Crippen LogP contribution in [0.2, 0.25) is 5.02 Å². The third-order valence-corrected chi connectivity index (χ3v) is 4.41. The lowest BCUT2D eigenvalue weighted by molar-refractivity contribution is -0.118. The van der Waals surface area contributed by atoms with Gasteiger partial charge in [-0.1, -0.05) is 29.8 Å². The number of thiazole rings is 1. The van der Waals surface area contributed by atoms with Crippen LogP contribution in [0.4, 0.5) is 5.13 Å². The lowest BCUT2D eigenvalue weighted by Gasteiger charge is -2.11. The monoisotopic (exact) mass is 339 g/mol. The maximum atomic E-state index is 11.9. The van der Waals surface area contributed by atoms with Gasteiger partial charge in [-0.2, -0.15) is 0 Å². The average molecular weight is 340 g/mol. The van der Waals surface area contributed by atoms with E-state index in [1.54, 1.807) is 6.20 Å². The van der Waals surface area contributed by atoms with Gasteiger partial charge in [0.2, 0.25) is 5.91 Å². The number of nitrogens with two attached hydrogens (primary N) is 1. The van der Waals surface area contributed by atoms with Crippen LogP contribution >= 0.6 is 22.9 Å². The maximum Gasteiger partial charge on any atom is 0.228 e. The van der Waals surface area contributed by atoms with E-state index >= 15 is 0 Å². The van der Waals surface area contributed by atoms with Gasteiger partial charge < -0.3 is 15.8 Å². The zero-order valence-electron chi connectivity index (χ0n) is 12.2. The van der Waals surface area contributed by atoms with Gasteiger partial charge in [0.25, 0.3) is 0 Å². The number of carbonyl (C=O) groups excluding carboxylic acids is 1. The summed E-state index contributed by atoms with van der Waals surface area (Å²) in [5.41, 5.74) is 6.53. The summed E-state index contributed by atoms with van der Waals surface area (Å²) in [4.78, 5) is 17.1. The number of aromatic nitrogens is 1. The predicted molar refractivity (Wildman–Crippen MR) is 89.5 cm³/mol. The standard InChI is InChI=1S/C15H18ClN3O2S/c1-21-11(8-17)7-14(20)19-15-18-9-12(22-15)6-10-4-2-3-5-13(10)16/h2-5,9,11H,6-8,17H2,1H3,(H,18,19,20). The fraction of sp³-hybridized carbons (Fsp3) is 0.333. The molecule has 2 rings (SSSR count). The molecule has 2 aromatic rings. The molecule has 0 spiro atoms. The second-order valence-electron chi connectivity index (χ2n) is 4.75. The predicted octanol–water partition coefficient (Wildman–Crippen LogP) is 2.69. The van der Waals surface area contributed by atoms with Crippen molar-refractivity contribution in [3.05, 3.63) is 45.9 Å². The number of rotatable bonds is 7. The van der Waals surface area contributed by atoms with E-state index in [1.165, 1.54) is 18.4 Å². The summed E-state index contributed by atoms with van der Waals surface area (Å²) in [6, 6.07) is 7.68. The van der Waals surface area contributed by atoms with Crippen LogP contribution in [0.1, 0.15) is 16.9 Å². The highest BCUT2D eigenvalue weighted by Gasteiger charge is 2.13. The van der Waals surface area contributed by atoms with E-state index in [2.05, 4.69) is 10.3 Å². The topological polar surface area (TPSA) is 77.2 Å². The van der Waals surface area contributed by atoms with Crippen molar-refractivity contribution in [2.24, 2.45) is 5.73 Å². The van der Waals surface area contributed by atoms with E-state index in [0.717, 1.165) is 15.5 Å². The fourth-order valence-corrected chi connectivity index (χ4v) is 2.97. The molecule has 0 saturated heterocycles. The number of hydrogen-bond acceptors (Lipinski definition) is 5. The second kappa shape index (κ2) is 8.24. The van der Waals surface area contributed by atoms with Gasteiger partial charge in [0.05, 0.1) is 12.5 Å². The molecule has 5 nitrogen and oxygen atoms in total. The third kappa shape index (κ3) is 4.78. The Bertz CT molecular complexity index is 629. The summed E-state index contributed by atoms with van der Waals surface area (Å²) < 4.78 is 5.09. The number of carbonyl (C=O) groups is 1. The van der Waals surface area contributed by atoms with Crippen molar-refractivity contribution in [1.82, 2.24) is 4.98 Å². The van der Waals surface area contributed by atoms with Crippen LogP contribution in [0.3, 0.4) is 0 Å². The molecule has 0 bridgehead atoms. The van der Waals surface area contributed by atoms with Crippen LogP contribution in [-0.4, -0.2) is 30.6 Å². The summed E-state index contributed by atoms with van der Waals surface area (Å²) in [6.07, 6.45) is 2.38. The van der Waals surface area contributed by atoms with Crippen molar-refractivity contribution < 1.29 is 9.53 Å². The Labute approximate surface area is 138 Å². The maximum absolute atomic E-state index is 11.9. The van der Waals surface area contributed by atoms with Crippen LogP contribution in [0, 0.1) is 0 Å². The van der Waals surface area contributed by atoms with Crippen molar-refractivity contribution in [2.75, 3.05) is 19.0 Å². The molecule has 3 N–H and O–H groups in total. The van der Waals surface area contributed by atoms with Crippen molar-refractivity contribution in [2.45, 2.75) is 18.9 Å². The average Bonchev–Trinajstić information content (AvgIpc) is 2.94. The Kier molecular flexibility index (Phi) is 6.33. The SMILES string of the molecule is COC(CN)CC(=O)Nc1ncc(Cc2ccccc2Cl)s1. The zero-order valence-corrected chi connectivity index (χ0v) is 13.8. The quantitative estimate of drug-likeness (QED) is 0.813. The molecule has 7 heteroatoms. The Balaban J connectivity index is 1.94. The Morgan fingerprint density at radius 3 is 2.95 bits per heavy atom. The fourth-order valence-electron chi connectivity index (χ4n) is 1.92. The van der Waals surface area contributed by atoms with Crippen LogP contribution < -0.4 is 11.1 Å². The van der Waals surface area contributed by atoms with E-state index in [1.807, 2.05) is 24.3 Å². The first kappa shape index (κ1) is 16.9. The molecule has 1 amide bonds. The molecule has 0 fully saturated rings. The van der Waals surface area contributed by atoms with E-state index in [4.69, 9.17) is 22.1 Å². The van der Waals surface area contributed by atoms with E-state index in [-0.39, 0.29) is 18.4 Å². The smallest absolute Gasteiger partial charge is 0.228 e. The molecule has 0 aliphatic heterocycles. The highest BCUT2D eigenvalue weighted by Crippen LogP contribution is 2.24. The van der Waals surface area contributed by atoms with Gasteiger partial charge in [-0.25, -0.2) is 4.98 Å². The lowest BCUT2D eigenvalue weighted by atomic mass is 10.1. The number of methoxy groups -OCH3 is 1. The number of benzene rings is 1. The molecule has 22 heavy (non-hydrogen) atoms. The first-order valence-electron chi connectivity index (χ1n) is 6.83. The molecule has 1 aromatic heterocycles. The van der Waals surface area contributed by atoms with Gasteiger partial charge >= 0.3 is 0 Å². The zero-order chi connectivity index (χ0) is 15.9. The molecular weight excluding hydrogens is 322 g/mol. The minimum Gasteiger partial charge on any atom is -0.380 e. The van der Waals surface area contributed by atoms with E-state index in [9.17, 15) is 4.79 Å². The van der Waals surface area contributed by atoms with Crippen molar-refractivity contribution in [3.8, 4) is 0 Å². The molecule has 0 aliphatic rings. The lowest BCUT2D eigenvalue weighted by Crippen LogP contribution is -2.28. The van der Waals surface area contributed by atoms with Crippen LogP contribution in [0.25, 0.3) is 0 Å². The number of halogens is 1. The Morgan fingerprint density at radius 2 is 2.27 bits per heavy atom. The molecule has 1 atom stereocenters. The number of ether oxygens (including phenoxy) is 1. The molecule has 1 aromatic carbocycles. The minimum atomic E-state index is -0.275. The number of nitrogens with zero attached hydrogens (tertiary/aromatic N) is 1. The largest absolute Gasteiger partial charge is 0.380 e. The molecule has 1 unspecified atom stereocenters. The summed E-state index contributed by atoms with van der Waals surface area (Å²) >= 11 is 7.58. The molecule has 1 heterocycles. The molecule has 0 saturated carbocycles. The molecule has 118 valence electrons. The van der Waals surface area contributed by atoms with Gasteiger partial charge in [0.1, 0.15) is 0 Å². The highest BCUT2D eigenvalue weighted by molar-refractivity contribution is 7.15. The van der Waals surface area contributed by atoms with Crippen LogP contribution in [-0.2, 0) is 16.0 Å². The van der Waals surface area contributed by atoms with Gasteiger partial charge in [-0.05, 0) is 11.6 Å². The molecular formula is C15H18ClN3O2S. The van der Waals surface area contributed by atoms with Crippen molar-refractivity contribution in [3.63, 3.8) is 0 Å². The number of hydrogen-bond donors (Lipinski definition) is 2. The van der Waals surface area contributed by atoms with E-state index in [0.29, 0.717) is 18.1 Å². The van der Waals surface area contributed by atoms with Gasteiger partial charge in [-0.3, -0.25) is 4.79 Å². The van der Waals surface area contributed by atoms with E-state index < -0.39 is 0 Å². The van der Waals surface area contributed by atoms with Crippen molar-refractivity contribution >= 4 is 34.0 Å². The Morgan fingerprint density at radius 1 is 1.50 bits per heavy atom. The van der Waals surface area contributed by atoms with Gasteiger partial charge in [-0.15, -0.1) is 11.3 Å². The second-order valence-corrected chi connectivity index (χ2v) is 6.27.